The van der Waals surface area contributed by atoms with E-state index in [2.05, 4.69) is 70.4 Å². The Labute approximate surface area is 276 Å². The van der Waals surface area contributed by atoms with Crippen LogP contribution in [0.5, 0.6) is 0 Å². The molecule has 4 heteroatoms. The van der Waals surface area contributed by atoms with Crippen molar-refractivity contribution >= 4 is 0 Å². The molecular formula is C41H65NO3. The first-order chi connectivity index (χ1) is 21.7. The summed E-state index contributed by atoms with van der Waals surface area (Å²) in [4.78, 5) is 2.90. The first-order valence-corrected chi connectivity index (χ1v) is 19.0. The number of allylic oxidation sites excluding steroid dienone is 3. The summed E-state index contributed by atoms with van der Waals surface area (Å²) < 4.78 is 18.9. The largest absolute Gasteiger partial charge is 0.378 e. The highest BCUT2D eigenvalue weighted by Gasteiger charge is 2.68. The predicted octanol–water partition coefficient (Wildman–Crippen LogP) is 10.2. The van der Waals surface area contributed by atoms with Crippen LogP contribution in [0, 0.1) is 34.5 Å². The van der Waals surface area contributed by atoms with E-state index in [4.69, 9.17) is 14.2 Å². The molecule has 0 N–H and O–H groups in total. The van der Waals surface area contributed by atoms with Crippen molar-refractivity contribution in [3.8, 4) is 0 Å². The van der Waals surface area contributed by atoms with Gasteiger partial charge in [-0.1, -0.05) is 82.4 Å². The normalized spacial score (nSPS) is 39.1. The van der Waals surface area contributed by atoms with E-state index in [-0.39, 0.29) is 17.1 Å². The topological polar surface area (TPSA) is 30.9 Å². The maximum absolute atomic E-state index is 6.81. The number of rotatable bonds is 14. The van der Waals surface area contributed by atoms with Gasteiger partial charge < -0.3 is 19.1 Å². The maximum atomic E-state index is 6.81. The number of fused-ring (bicyclic) bond motifs is 1. The number of hydrogen-bond acceptors (Lipinski definition) is 4. The van der Waals surface area contributed by atoms with Crippen molar-refractivity contribution in [3.05, 3.63) is 47.7 Å². The molecular weight excluding hydrogens is 554 g/mol. The minimum Gasteiger partial charge on any atom is -0.378 e. The van der Waals surface area contributed by atoms with E-state index in [0.717, 1.165) is 63.8 Å². The van der Waals surface area contributed by atoms with Crippen LogP contribution in [0.4, 0.5) is 0 Å². The van der Waals surface area contributed by atoms with Gasteiger partial charge in [0, 0.05) is 36.7 Å². The molecule has 4 nitrogen and oxygen atoms in total. The Morgan fingerprint density at radius 1 is 1.00 bits per heavy atom. The van der Waals surface area contributed by atoms with Crippen LogP contribution in [0.2, 0.25) is 0 Å². The zero-order valence-corrected chi connectivity index (χ0v) is 29.5. The lowest BCUT2D eigenvalue weighted by molar-refractivity contribution is -0.167. The molecule has 0 bridgehead atoms. The summed E-state index contributed by atoms with van der Waals surface area (Å²) in [5, 5.41) is 0. The molecule has 1 heterocycles. The van der Waals surface area contributed by atoms with Crippen molar-refractivity contribution in [1.82, 2.24) is 4.90 Å². The SMILES string of the molecule is C=C(C)CC(N(C1=CCC(CC)=CC1)C1C=CC(COC2CCCCO2)CC1)C1(C)CC1(C)C(C)COC1CCCCC2CC21. The zero-order chi connectivity index (χ0) is 31.6. The quantitative estimate of drug-likeness (QED) is 0.181. The minimum absolute atomic E-state index is 0.0000135. The fourth-order valence-electron chi connectivity index (χ4n) is 9.71. The van der Waals surface area contributed by atoms with E-state index < -0.39 is 0 Å². The average Bonchev–Trinajstić information content (AvgIpc) is 3.95. The van der Waals surface area contributed by atoms with Crippen molar-refractivity contribution in [2.75, 3.05) is 19.8 Å². The summed E-state index contributed by atoms with van der Waals surface area (Å²) in [5.41, 5.74) is 4.93. The van der Waals surface area contributed by atoms with E-state index in [0.29, 0.717) is 30.0 Å². The van der Waals surface area contributed by atoms with E-state index in [1.165, 1.54) is 75.5 Å². The van der Waals surface area contributed by atoms with Crippen molar-refractivity contribution in [2.24, 2.45) is 34.5 Å². The molecule has 0 aromatic carbocycles. The smallest absolute Gasteiger partial charge is 0.157 e. The van der Waals surface area contributed by atoms with Crippen LogP contribution in [0.1, 0.15) is 131 Å². The molecule has 6 rings (SSSR count). The summed E-state index contributed by atoms with van der Waals surface area (Å²) in [5.74, 6) is 2.85. The van der Waals surface area contributed by atoms with Gasteiger partial charge >= 0.3 is 0 Å². The third-order valence-corrected chi connectivity index (χ3v) is 13.4. The van der Waals surface area contributed by atoms with E-state index >= 15 is 0 Å². The first kappa shape index (κ1) is 33.5. The van der Waals surface area contributed by atoms with Crippen molar-refractivity contribution in [1.29, 1.82) is 0 Å². The van der Waals surface area contributed by atoms with E-state index in [1.54, 1.807) is 5.57 Å². The lowest BCUT2D eigenvalue weighted by atomic mass is 9.77. The molecule has 0 aromatic heterocycles. The minimum atomic E-state index is -0.0000135. The number of ether oxygens (including phenoxy) is 3. The molecule has 1 aliphatic heterocycles. The standard InChI is InChI=1S/C41H65NO3/c1-7-31-15-19-34(20-16-31)42(35-21-17-32(18-22-35)27-45-39-14-10-11-23-43-39)38(24-29(2)3)41(6)28-40(41,5)30(4)26-44-37-13-9-8-12-33-25-36(33)37/h15,17,20-21,30,32-33,35-39H,2,7-14,16,18-19,22-28H2,1,3-6H3. The average molecular weight is 620 g/mol. The van der Waals surface area contributed by atoms with Gasteiger partial charge in [0.1, 0.15) is 0 Å². The first-order valence-electron chi connectivity index (χ1n) is 19.0. The summed E-state index contributed by atoms with van der Waals surface area (Å²) in [6.45, 7) is 19.3. The van der Waals surface area contributed by atoms with Gasteiger partial charge in [0.2, 0.25) is 0 Å². The van der Waals surface area contributed by atoms with Gasteiger partial charge in [-0.2, -0.15) is 0 Å². The second kappa shape index (κ2) is 14.4. The molecule has 0 radical (unpaired) electrons. The Morgan fingerprint density at radius 2 is 1.82 bits per heavy atom. The highest BCUT2D eigenvalue weighted by molar-refractivity contribution is 5.28. The van der Waals surface area contributed by atoms with Crippen LogP contribution in [-0.2, 0) is 14.2 Å². The summed E-state index contributed by atoms with van der Waals surface area (Å²) in [6, 6.07) is 0.861. The highest BCUT2D eigenvalue weighted by atomic mass is 16.7. The summed E-state index contributed by atoms with van der Waals surface area (Å²) >= 11 is 0. The van der Waals surface area contributed by atoms with Crippen molar-refractivity contribution in [2.45, 2.75) is 155 Å². The highest BCUT2D eigenvalue weighted by Crippen LogP contribution is 2.71. The van der Waals surface area contributed by atoms with Gasteiger partial charge in [0.25, 0.3) is 0 Å². The molecule has 5 aliphatic carbocycles. The molecule has 0 aromatic rings. The third-order valence-electron chi connectivity index (χ3n) is 13.4. The summed E-state index contributed by atoms with van der Waals surface area (Å²) in [7, 11) is 0. The molecule has 45 heavy (non-hydrogen) atoms. The maximum Gasteiger partial charge on any atom is 0.157 e. The molecule has 0 spiro atoms. The number of hydrogen-bond donors (Lipinski definition) is 0. The lowest BCUT2D eigenvalue weighted by Gasteiger charge is -2.47. The molecule has 252 valence electrons. The summed E-state index contributed by atoms with van der Waals surface area (Å²) in [6.07, 6.45) is 29.0. The molecule has 0 amide bonds. The van der Waals surface area contributed by atoms with Crippen molar-refractivity contribution < 1.29 is 14.2 Å². The third kappa shape index (κ3) is 7.54. The van der Waals surface area contributed by atoms with Gasteiger partial charge in [-0.3, -0.25) is 0 Å². The van der Waals surface area contributed by atoms with E-state index in [9.17, 15) is 0 Å². The fraction of sp³-hybridized carbons (Fsp3) is 0.805. The number of nitrogens with zero attached hydrogens (tertiary/aromatic N) is 1. The van der Waals surface area contributed by atoms with Crippen molar-refractivity contribution in [3.63, 3.8) is 0 Å². The predicted molar refractivity (Wildman–Crippen MR) is 186 cm³/mol. The van der Waals surface area contributed by atoms with Crippen LogP contribution in [0.3, 0.4) is 0 Å². The zero-order valence-electron chi connectivity index (χ0n) is 29.5. The van der Waals surface area contributed by atoms with Crippen LogP contribution in [0.15, 0.2) is 47.7 Å². The van der Waals surface area contributed by atoms with Crippen LogP contribution in [-0.4, -0.2) is 49.2 Å². The Morgan fingerprint density at radius 3 is 2.51 bits per heavy atom. The molecule has 10 atom stereocenters. The van der Waals surface area contributed by atoms with Crippen LogP contribution in [0.25, 0.3) is 0 Å². The fourth-order valence-corrected chi connectivity index (χ4v) is 9.71. The van der Waals surface area contributed by atoms with Gasteiger partial charge in [-0.05, 0) is 106 Å². The van der Waals surface area contributed by atoms with Crippen LogP contribution >= 0.6 is 0 Å². The van der Waals surface area contributed by atoms with Gasteiger partial charge in [-0.25, -0.2) is 0 Å². The second-order valence-corrected chi connectivity index (χ2v) is 16.6. The Bertz CT molecular complexity index is 1120. The van der Waals surface area contributed by atoms with Crippen LogP contribution < -0.4 is 0 Å². The molecule has 10 unspecified atom stereocenters. The Balaban J connectivity index is 1.18. The lowest BCUT2D eigenvalue weighted by Crippen LogP contribution is -2.49. The van der Waals surface area contributed by atoms with Gasteiger partial charge in [0.05, 0.1) is 19.3 Å². The van der Waals surface area contributed by atoms with E-state index in [1.807, 2.05) is 0 Å². The molecule has 3 saturated carbocycles. The van der Waals surface area contributed by atoms with Gasteiger partial charge in [0.15, 0.2) is 6.29 Å². The Kier molecular flexibility index (Phi) is 10.7. The second-order valence-electron chi connectivity index (χ2n) is 16.6. The molecule has 1 saturated heterocycles. The monoisotopic (exact) mass is 619 g/mol. The van der Waals surface area contributed by atoms with Gasteiger partial charge in [-0.15, -0.1) is 6.58 Å². The Hall–Kier alpha value is -1.36. The molecule has 6 aliphatic rings. The molecule has 4 fully saturated rings.